The number of urea groups is 1. The fourth-order valence-electron chi connectivity index (χ4n) is 3.78. The van der Waals surface area contributed by atoms with Gasteiger partial charge in [0.1, 0.15) is 11.3 Å². The van der Waals surface area contributed by atoms with E-state index in [1.807, 2.05) is 35.2 Å². The molecule has 4 rings (SSSR count). The first-order valence-electron chi connectivity index (χ1n) is 9.51. The quantitative estimate of drug-likeness (QED) is 0.762. The topological polar surface area (TPSA) is 63.1 Å². The molecule has 0 saturated carbocycles. The fourth-order valence-corrected chi connectivity index (χ4v) is 3.78. The standard InChI is InChI=1S/C21H25N5O/c1-4-26-19(24-18-6-5-10-22-20(18)26)16-9-11-25(13-16)21(27)23-17-8-7-14(2)15(3)12-17/h5-8,10,12,16H,4,9,11,13H2,1-3H3,(H,23,27)/t16-/m1/s1. The Morgan fingerprint density at radius 2 is 2.11 bits per heavy atom. The zero-order chi connectivity index (χ0) is 19.0. The minimum absolute atomic E-state index is 0.0435. The van der Waals surface area contributed by atoms with E-state index < -0.39 is 0 Å². The molecule has 0 unspecified atom stereocenters. The van der Waals surface area contributed by atoms with Crippen molar-refractivity contribution in [2.45, 2.75) is 39.7 Å². The van der Waals surface area contributed by atoms with Crippen LogP contribution in [0.1, 0.15) is 36.2 Å². The molecule has 1 aliphatic rings. The lowest BCUT2D eigenvalue weighted by molar-refractivity contribution is 0.222. The van der Waals surface area contributed by atoms with Gasteiger partial charge in [-0.2, -0.15) is 0 Å². The number of pyridine rings is 1. The second kappa shape index (κ2) is 7.02. The van der Waals surface area contributed by atoms with Gasteiger partial charge in [-0.05, 0) is 62.6 Å². The molecular formula is C21H25N5O. The van der Waals surface area contributed by atoms with Crippen LogP contribution >= 0.6 is 0 Å². The molecule has 2 amide bonds. The molecule has 140 valence electrons. The van der Waals surface area contributed by atoms with Crippen LogP contribution < -0.4 is 5.32 Å². The molecule has 2 aromatic heterocycles. The third-order valence-corrected chi connectivity index (χ3v) is 5.45. The lowest BCUT2D eigenvalue weighted by Crippen LogP contribution is -2.33. The number of imidazole rings is 1. The molecule has 1 saturated heterocycles. The summed E-state index contributed by atoms with van der Waals surface area (Å²) in [5.74, 6) is 1.28. The number of nitrogens with zero attached hydrogens (tertiary/aromatic N) is 4. The highest BCUT2D eigenvalue weighted by atomic mass is 16.2. The maximum absolute atomic E-state index is 12.7. The predicted molar refractivity (Wildman–Crippen MR) is 107 cm³/mol. The van der Waals surface area contributed by atoms with Crippen molar-refractivity contribution in [1.82, 2.24) is 19.4 Å². The molecular weight excluding hydrogens is 338 g/mol. The molecule has 6 heteroatoms. The molecule has 3 heterocycles. The smallest absolute Gasteiger partial charge is 0.321 e. The minimum Gasteiger partial charge on any atom is -0.324 e. The molecule has 27 heavy (non-hydrogen) atoms. The van der Waals surface area contributed by atoms with Crippen LogP contribution in [0.15, 0.2) is 36.5 Å². The van der Waals surface area contributed by atoms with Crippen molar-refractivity contribution in [3.8, 4) is 0 Å². The molecule has 0 aliphatic carbocycles. The second-order valence-electron chi connectivity index (χ2n) is 7.22. The van der Waals surface area contributed by atoms with Crippen molar-refractivity contribution in [2.75, 3.05) is 18.4 Å². The summed E-state index contributed by atoms with van der Waals surface area (Å²) in [6, 6.07) is 9.87. The average Bonchev–Trinajstić information content (AvgIpc) is 3.29. The van der Waals surface area contributed by atoms with Crippen LogP contribution in [0.2, 0.25) is 0 Å². The molecule has 1 atom stereocenters. The third-order valence-electron chi connectivity index (χ3n) is 5.45. The number of rotatable bonds is 3. The first-order chi connectivity index (χ1) is 13.1. The number of hydrogen-bond acceptors (Lipinski definition) is 3. The van der Waals surface area contributed by atoms with E-state index in [1.54, 1.807) is 6.20 Å². The zero-order valence-corrected chi connectivity index (χ0v) is 16.1. The summed E-state index contributed by atoms with van der Waals surface area (Å²) in [6.45, 7) is 8.48. The maximum Gasteiger partial charge on any atom is 0.321 e. The van der Waals surface area contributed by atoms with Crippen LogP contribution in [0.4, 0.5) is 10.5 Å². The van der Waals surface area contributed by atoms with Gasteiger partial charge in [0.2, 0.25) is 0 Å². The summed E-state index contributed by atoms with van der Waals surface area (Å²) in [5, 5.41) is 3.03. The molecule has 1 N–H and O–H groups in total. The monoisotopic (exact) mass is 363 g/mol. The molecule has 1 aromatic carbocycles. The Morgan fingerprint density at radius 3 is 2.89 bits per heavy atom. The van der Waals surface area contributed by atoms with Gasteiger partial charge in [0.05, 0.1) is 0 Å². The molecule has 0 spiro atoms. The van der Waals surface area contributed by atoms with Gasteiger partial charge in [-0.3, -0.25) is 0 Å². The highest BCUT2D eigenvalue weighted by Crippen LogP contribution is 2.29. The van der Waals surface area contributed by atoms with Crippen LogP contribution in [0.3, 0.4) is 0 Å². The highest BCUT2D eigenvalue weighted by Gasteiger charge is 2.31. The molecule has 1 fully saturated rings. The number of aromatic nitrogens is 3. The number of amides is 2. The number of benzene rings is 1. The van der Waals surface area contributed by atoms with Crippen molar-refractivity contribution in [3.05, 3.63) is 53.5 Å². The van der Waals surface area contributed by atoms with Gasteiger partial charge in [-0.25, -0.2) is 14.8 Å². The Labute approximate surface area is 159 Å². The Hall–Kier alpha value is -2.89. The van der Waals surface area contributed by atoms with E-state index in [2.05, 4.69) is 35.6 Å². The maximum atomic E-state index is 12.7. The number of fused-ring (bicyclic) bond motifs is 1. The normalized spacial score (nSPS) is 16.9. The zero-order valence-electron chi connectivity index (χ0n) is 16.1. The van der Waals surface area contributed by atoms with E-state index in [1.165, 1.54) is 11.1 Å². The van der Waals surface area contributed by atoms with Gasteiger partial charge < -0.3 is 14.8 Å². The number of anilines is 1. The summed E-state index contributed by atoms with van der Waals surface area (Å²) in [4.78, 5) is 23.9. The van der Waals surface area contributed by atoms with E-state index in [0.717, 1.165) is 42.2 Å². The summed E-state index contributed by atoms with van der Waals surface area (Å²) < 4.78 is 2.17. The number of nitrogens with one attached hydrogen (secondary N) is 1. The van der Waals surface area contributed by atoms with Crippen LogP contribution in [0, 0.1) is 13.8 Å². The number of carbonyl (C=O) groups is 1. The van der Waals surface area contributed by atoms with Crippen molar-refractivity contribution in [2.24, 2.45) is 0 Å². The molecule has 3 aromatic rings. The van der Waals surface area contributed by atoms with Gasteiger partial charge in [0.25, 0.3) is 0 Å². The molecule has 0 bridgehead atoms. The van der Waals surface area contributed by atoms with Crippen molar-refractivity contribution in [3.63, 3.8) is 0 Å². The summed E-state index contributed by atoms with van der Waals surface area (Å²) >= 11 is 0. The first-order valence-corrected chi connectivity index (χ1v) is 9.51. The molecule has 1 aliphatic heterocycles. The minimum atomic E-state index is -0.0435. The van der Waals surface area contributed by atoms with Gasteiger partial charge in [-0.1, -0.05) is 6.07 Å². The molecule has 6 nitrogen and oxygen atoms in total. The SMILES string of the molecule is CCn1c([C@@H]2CCN(C(=O)Nc3ccc(C)c(C)c3)C2)nc2cccnc21. The summed E-state index contributed by atoms with van der Waals surface area (Å²) in [5.41, 5.74) is 5.09. The number of aryl methyl sites for hydroxylation is 3. The largest absolute Gasteiger partial charge is 0.324 e. The van der Waals surface area contributed by atoms with E-state index in [4.69, 9.17) is 4.98 Å². The summed E-state index contributed by atoms with van der Waals surface area (Å²) in [7, 11) is 0. The average molecular weight is 363 g/mol. The van der Waals surface area contributed by atoms with Crippen LogP contribution in [-0.2, 0) is 6.54 Å². The van der Waals surface area contributed by atoms with Crippen LogP contribution in [0.25, 0.3) is 11.2 Å². The Kier molecular flexibility index (Phi) is 4.56. The Morgan fingerprint density at radius 1 is 1.26 bits per heavy atom. The predicted octanol–water partition coefficient (Wildman–Crippen LogP) is 4.09. The van der Waals surface area contributed by atoms with E-state index in [-0.39, 0.29) is 11.9 Å². The lowest BCUT2D eigenvalue weighted by Gasteiger charge is -2.18. The van der Waals surface area contributed by atoms with E-state index in [9.17, 15) is 4.79 Å². The number of hydrogen-bond donors (Lipinski definition) is 1. The molecule has 0 radical (unpaired) electrons. The van der Waals surface area contributed by atoms with Crippen molar-refractivity contribution >= 4 is 22.9 Å². The third kappa shape index (κ3) is 3.27. The van der Waals surface area contributed by atoms with E-state index in [0.29, 0.717) is 6.54 Å². The van der Waals surface area contributed by atoms with Gasteiger partial charge in [0, 0.05) is 37.4 Å². The van der Waals surface area contributed by atoms with Crippen molar-refractivity contribution in [1.29, 1.82) is 0 Å². The van der Waals surface area contributed by atoms with Gasteiger partial charge >= 0.3 is 6.03 Å². The van der Waals surface area contributed by atoms with Crippen LogP contribution in [0.5, 0.6) is 0 Å². The van der Waals surface area contributed by atoms with Crippen molar-refractivity contribution < 1.29 is 4.79 Å². The number of carbonyl (C=O) groups excluding carboxylic acids is 1. The second-order valence-corrected chi connectivity index (χ2v) is 7.22. The van der Waals surface area contributed by atoms with E-state index >= 15 is 0 Å². The Bertz CT molecular complexity index is 993. The van der Waals surface area contributed by atoms with Gasteiger partial charge in [-0.15, -0.1) is 0 Å². The highest BCUT2D eigenvalue weighted by molar-refractivity contribution is 5.89. The van der Waals surface area contributed by atoms with Crippen LogP contribution in [-0.4, -0.2) is 38.6 Å². The number of likely N-dealkylation sites (tertiary alicyclic amines) is 1. The Balaban J connectivity index is 1.50. The first kappa shape index (κ1) is 17.5. The van der Waals surface area contributed by atoms with Gasteiger partial charge in [0.15, 0.2) is 5.65 Å². The summed E-state index contributed by atoms with van der Waals surface area (Å²) in [6.07, 6.45) is 2.72. The fraction of sp³-hybridized carbons (Fsp3) is 0.381. The lowest BCUT2D eigenvalue weighted by atomic mass is 10.1.